The number of hydrogen-bond acceptors (Lipinski definition) is 4. The van der Waals surface area contributed by atoms with Gasteiger partial charge in [0.15, 0.2) is 0 Å². The number of anilines is 1. The molecule has 1 aromatic heterocycles. The number of benzene rings is 1. The number of aryl methyl sites for hydroxylation is 2. The molecule has 9 heteroatoms. The summed E-state index contributed by atoms with van der Waals surface area (Å²) in [6, 6.07) is 3.89. The molecule has 0 saturated carbocycles. The lowest BCUT2D eigenvalue weighted by Gasteiger charge is -2.23. The molecule has 2 aromatic rings. The highest BCUT2D eigenvalue weighted by Gasteiger charge is 2.40. The van der Waals surface area contributed by atoms with E-state index in [0.29, 0.717) is 18.7 Å². The minimum Gasteiger partial charge on any atom is -0.309 e. The largest absolute Gasteiger partial charge is 0.309 e. The van der Waals surface area contributed by atoms with Crippen molar-refractivity contribution >= 4 is 21.7 Å². The second-order valence-corrected chi connectivity index (χ2v) is 8.86. The molecule has 1 N–H and O–H groups in total. The lowest BCUT2D eigenvalue weighted by atomic mass is 10.2. The van der Waals surface area contributed by atoms with Gasteiger partial charge in [-0.05, 0) is 56.4 Å². The van der Waals surface area contributed by atoms with Crippen LogP contribution in [0.3, 0.4) is 0 Å². The van der Waals surface area contributed by atoms with Gasteiger partial charge < -0.3 is 5.32 Å². The number of carbonyl (C=O) groups is 1. The molecule has 2 aliphatic rings. The van der Waals surface area contributed by atoms with Crippen LogP contribution >= 0.6 is 0 Å². The summed E-state index contributed by atoms with van der Waals surface area (Å²) in [6.07, 6.45) is 3.82. The summed E-state index contributed by atoms with van der Waals surface area (Å²) in [4.78, 5) is 12.9. The summed E-state index contributed by atoms with van der Waals surface area (Å²) in [5.74, 6) is -0.204. The van der Waals surface area contributed by atoms with Crippen LogP contribution in [0.2, 0.25) is 0 Å². The van der Waals surface area contributed by atoms with E-state index in [0.717, 1.165) is 42.7 Å². The second kappa shape index (κ2) is 6.72. The summed E-state index contributed by atoms with van der Waals surface area (Å²) >= 11 is 0. The fourth-order valence-corrected chi connectivity index (χ4v) is 5.56. The third-order valence-corrected chi connectivity index (χ3v) is 7.16. The van der Waals surface area contributed by atoms with Crippen molar-refractivity contribution in [2.45, 2.75) is 43.0 Å². The van der Waals surface area contributed by atoms with Crippen molar-refractivity contribution < 1.29 is 17.6 Å². The summed E-state index contributed by atoms with van der Waals surface area (Å²) in [5, 5.41) is 7.32. The average Bonchev–Trinajstić information content (AvgIpc) is 3.34. The van der Waals surface area contributed by atoms with Crippen LogP contribution in [0.15, 0.2) is 29.2 Å². The number of nitrogens with zero attached hydrogens (tertiary/aromatic N) is 3. The predicted octanol–water partition coefficient (Wildman–Crippen LogP) is 1.84. The minimum atomic E-state index is -3.87. The molecule has 2 heterocycles. The molecule has 1 amide bonds. The van der Waals surface area contributed by atoms with Crippen LogP contribution in [0, 0.1) is 5.82 Å². The molecule has 0 spiro atoms. The normalized spacial score (nSPS) is 20.0. The molecule has 1 atom stereocenters. The molecule has 1 fully saturated rings. The van der Waals surface area contributed by atoms with Crippen LogP contribution in [0.5, 0.6) is 0 Å². The molecule has 7 nitrogen and oxygen atoms in total. The van der Waals surface area contributed by atoms with E-state index in [-0.39, 0.29) is 17.3 Å². The summed E-state index contributed by atoms with van der Waals surface area (Å²) < 4.78 is 41.8. The molecule has 1 aliphatic carbocycles. The first-order valence-corrected chi connectivity index (χ1v) is 10.4. The van der Waals surface area contributed by atoms with Gasteiger partial charge in [0.05, 0.1) is 10.6 Å². The molecule has 1 saturated heterocycles. The smallest absolute Gasteiger partial charge is 0.243 e. The number of sulfonamides is 1. The van der Waals surface area contributed by atoms with Crippen LogP contribution in [0.25, 0.3) is 0 Å². The van der Waals surface area contributed by atoms with Crippen molar-refractivity contribution in [1.82, 2.24) is 14.1 Å². The van der Waals surface area contributed by atoms with Crippen molar-refractivity contribution in [3.63, 3.8) is 0 Å². The Bertz CT molecular complexity index is 985. The molecule has 27 heavy (non-hydrogen) atoms. The first kappa shape index (κ1) is 18.1. The molecule has 4 rings (SSSR count). The molecule has 0 bridgehead atoms. The van der Waals surface area contributed by atoms with Gasteiger partial charge in [-0.2, -0.15) is 9.40 Å². The maximum Gasteiger partial charge on any atom is 0.243 e. The minimum absolute atomic E-state index is 0.00924. The van der Waals surface area contributed by atoms with Gasteiger partial charge in [0.1, 0.15) is 17.7 Å². The Morgan fingerprint density at radius 2 is 1.96 bits per heavy atom. The lowest BCUT2D eigenvalue weighted by molar-refractivity contribution is -0.119. The number of rotatable bonds is 4. The van der Waals surface area contributed by atoms with Gasteiger partial charge in [-0.3, -0.25) is 9.48 Å². The average molecular weight is 392 g/mol. The van der Waals surface area contributed by atoms with E-state index in [1.54, 1.807) is 11.7 Å². The highest BCUT2D eigenvalue weighted by molar-refractivity contribution is 7.89. The number of carbonyl (C=O) groups excluding carboxylic acids is 1. The van der Waals surface area contributed by atoms with E-state index in [1.165, 1.54) is 16.4 Å². The maximum absolute atomic E-state index is 13.1. The number of fused-ring (bicyclic) bond motifs is 1. The van der Waals surface area contributed by atoms with E-state index >= 15 is 0 Å². The molecule has 1 unspecified atom stereocenters. The molecule has 0 radical (unpaired) electrons. The van der Waals surface area contributed by atoms with Crippen LogP contribution < -0.4 is 5.32 Å². The van der Waals surface area contributed by atoms with E-state index in [4.69, 9.17) is 0 Å². The zero-order chi connectivity index (χ0) is 19.2. The monoisotopic (exact) mass is 392 g/mol. The Labute approximate surface area is 157 Å². The van der Waals surface area contributed by atoms with Gasteiger partial charge in [-0.1, -0.05) is 0 Å². The van der Waals surface area contributed by atoms with E-state index < -0.39 is 21.9 Å². The van der Waals surface area contributed by atoms with Crippen LogP contribution in [-0.2, 0) is 34.7 Å². The van der Waals surface area contributed by atoms with Crippen molar-refractivity contribution in [3.8, 4) is 0 Å². The molecule has 1 aliphatic heterocycles. The number of nitrogens with one attached hydrogen (secondary N) is 1. The summed E-state index contributed by atoms with van der Waals surface area (Å²) in [7, 11) is -2.09. The SMILES string of the molecule is Cn1nc2c(c1NC(=O)C1CCCN1S(=O)(=O)c1ccc(F)cc1)CCC2. The van der Waals surface area contributed by atoms with Crippen LogP contribution in [-0.4, -0.2) is 41.0 Å². The van der Waals surface area contributed by atoms with Crippen LogP contribution in [0.4, 0.5) is 10.2 Å². The topological polar surface area (TPSA) is 84.3 Å². The zero-order valence-electron chi connectivity index (χ0n) is 15.0. The quantitative estimate of drug-likeness (QED) is 0.861. The first-order valence-electron chi connectivity index (χ1n) is 9.01. The fraction of sp³-hybridized carbons (Fsp3) is 0.444. The third-order valence-electron chi connectivity index (χ3n) is 5.24. The molecule has 144 valence electrons. The van der Waals surface area contributed by atoms with Crippen molar-refractivity contribution in [2.24, 2.45) is 7.05 Å². The first-order chi connectivity index (χ1) is 12.9. The summed E-state index contributed by atoms with van der Waals surface area (Å²) in [5.41, 5.74) is 2.03. The predicted molar refractivity (Wildman–Crippen MR) is 97.2 cm³/mol. The number of halogens is 1. The number of amides is 1. The van der Waals surface area contributed by atoms with Gasteiger partial charge in [0, 0.05) is 19.2 Å². The molecule has 1 aromatic carbocycles. The maximum atomic E-state index is 13.1. The van der Waals surface area contributed by atoms with Gasteiger partial charge in [0.2, 0.25) is 15.9 Å². The van der Waals surface area contributed by atoms with E-state index in [1.807, 2.05) is 0 Å². The Morgan fingerprint density at radius 3 is 2.70 bits per heavy atom. The van der Waals surface area contributed by atoms with Gasteiger partial charge in [-0.25, -0.2) is 12.8 Å². The highest BCUT2D eigenvalue weighted by atomic mass is 32.2. The van der Waals surface area contributed by atoms with Crippen molar-refractivity contribution in [2.75, 3.05) is 11.9 Å². The van der Waals surface area contributed by atoms with Crippen LogP contribution in [0.1, 0.15) is 30.5 Å². The Hall–Kier alpha value is -2.26. The van der Waals surface area contributed by atoms with Crippen molar-refractivity contribution in [1.29, 1.82) is 0 Å². The lowest BCUT2D eigenvalue weighted by Crippen LogP contribution is -2.43. The van der Waals surface area contributed by atoms with Gasteiger partial charge in [-0.15, -0.1) is 0 Å². The van der Waals surface area contributed by atoms with Gasteiger partial charge >= 0.3 is 0 Å². The van der Waals surface area contributed by atoms with E-state index in [9.17, 15) is 17.6 Å². The Kier molecular flexibility index (Phi) is 4.51. The second-order valence-electron chi connectivity index (χ2n) is 6.97. The number of aromatic nitrogens is 2. The molecular weight excluding hydrogens is 371 g/mol. The highest BCUT2D eigenvalue weighted by Crippen LogP contribution is 2.30. The Balaban J connectivity index is 1.58. The molecular formula is C18H21FN4O3S. The Morgan fingerprint density at radius 1 is 1.22 bits per heavy atom. The van der Waals surface area contributed by atoms with Gasteiger partial charge in [0.25, 0.3) is 0 Å². The zero-order valence-corrected chi connectivity index (χ0v) is 15.8. The summed E-state index contributed by atoms with van der Waals surface area (Å²) in [6.45, 7) is 0.265. The number of hydrogen-bond donors (Lipinski definition) is 1. The standard InChI is InChI=1S/C18H21FN4O3S/c1-22-17(14-4-2-5-15(14)21-22)20-18(24)16-6-3-11-23(16)27(25,26)13-9-7-12(19)8-10-13/h7-10,16H,2-6,11H2,1H3,(H,20,24). The fourth-order valence-electron chi connectivity index (χ4n) is 3.91. The van der Waals surface area contributed by atoms with Crippen molar-refractivity contribution in [3.05, 3.63) is 41.3 Å². The third kappa shape index (κ3) is 3.14. The van der Waals surface area contributed by atoms with E-state index in [2.05, 4.69) is 10.4 Å².